The van der Waals surface area contributed by atoms with Gasteiger partial charge in [0, 0.05) is 0 Å². The second-order valence-electron chi connectivity index (χ2n) is 5.99. The van der Waals surface area contributed by atoms with Crippen LogP contribution in [0, 0.1) is 0 Å². The van der Waals surface area contributed by atoms with Crippen molar-refractivity contribution < 1.29 is 0 Å². The molecule has 0 fully saturated rings. The van der Waals surface area contributed by atoms with Gasteiger partial charge >= 0.3 is 135 Å². The van der Waals surface area contributed by atoms with E-state index in [1.54, 1.807) is 4.47 Å². The van der Waals surface area contributed by atoms with Crippen LogP contribution in [0.1, 0.15) is 104 Å². The Morgan fingerprint density at radius 1 is 0.700 bits per heavy atom. The van der Waals surface area contributed by atoms with Crippen LogP contribution < -0.4 is 0 Å². The molecule has 0 N–H and O–H groups in total. The molecule has 120 valence electrons. The van der Waals surface area contributed by atoms with Gasteiger partial charge in [-0.05, 0) is 0 Å². The molecular weight excluding hydrogens is 307 g/mol. The summed E-state index contributed by atoms with van der Waals surface area (Å²) in [6.07, 6.45) is 21.0. The third kappa shape index (κ3) is 16.3. The van der Waals surface area contributed by atoms with Crippen LogP contribution >= 0.6 is 0 Å². The SMILES string of the molecule is CCCCCCCC/C=C(\C)[Se]CCCCCCCC. The van der Waals surface area contributed by atoms with E-state index < -0.39 is 0 Å². The molecule has 0 radical (unpaired) electrons. The van der Waals surface area contributed by atoms with Gasteiger partial charge < -0.3 is 0 Å². The normalized spacial score (nSPS) is 12.1. The van der Waals surface area contributed by atoms with Crippen molar-refractivity contribution in [2.45, 2.75) is 110 Å². The fourth-order valence-corrected chi connectivity index (χ4v) is 4.31. The summed E-state index contributed by atoms with van der Waals surface area (Å²) in [5.41, 5.74) is 0. The summed E-state index contributed by atoms with van der Waals surface area (Å²) >= 11 is 0.785. The number of rotatable bonds is 15. The summed E-state index contributed by atoms with van der Waals surface area (Å²) in [5.74, 6) is 0. The summed E-state index contributed by atoms with van der Waals surface area (Å²) in [4.78, 5) is 0. The molecule has 0 aromatic rings. The molecule has 0 saturated heterocycles. The standard InChI is InChI=1S/C19H38Se/c1-4-6-8-10-12-13-15-17-19(3)20-18-16-14-11-9-7-5-2/h17H,4-16,18H2,1-3H3/b19-17+. The van der Waals surface area contributed by atoms with E-state index in [9.17, 15) is 0 Å². The molecule has 0 bridgehead atoms. The molecule has 0 rings (SSSR count). The van der Waals surface area contributed by atoms with Crippen LogP contribution in [0.5, 0.6) is 0 Å². The summed E-state index contributed by atoms with van der Waals surface area (Å²) in [5, 5.41) is 1.47. The Labute approximate surface area is 135 Å². The van der Waals surface area contributed by atoms with Crippen LogP contribution in [0.25, 0.3) is 0 Å². The van der Waals surface area contributed by atoms with Gasteiger partial charge in [-0.3, -0.25) is 0 Å². The second-order valence-corrected chi connectivity index (χ2v) is 8.80. The van der Waals surface area contributed by atoms with Crippen molar-refractivity contribution in [3.63, 3.8) is 0 Å². The molecule has 0 unspecified atom stereocenters. The van der Waals surface area contributed by atoms with Crippen molar-refractivity contribution >= 4 is 15.0 Å². The van der Waals surface area contributed by atoms with Crippen LogP contribution in [0.3, 0.4) is 0 Å². The van der Waals surface area contributed by atoms with Gasteiger partial charge in [-0.25, -0.2) is 0 Å². The molecule has 0 saturated carbocycles. The van der Waals surface area contributed by atoms with E-state index in [1.807, 2.05) is 0 Å². The van der Waals surface area contributed by atoms with E-state index in [-0.39, 0.29) is 0 Å². The van der Waals surface area contributed by atoms with Crippen molar-refractivity contribution in [2.24, 2.45) is 0 Å². The maximum absolute atomic E-state index is 2.52. The summed E-state index contributed by atoms with van der Waals surface area (Å²) in [6, 6.07) is 0. The Bertz CT molecular complexity index is 208. The number of allylic oxidation sites excluding steroid dienone is 2. The molecule has 0 aromatic carbocycles. The van der Waals surface area contributed by atoms with E-state index >= 15 is 0 Å². The topological polar surface area (TPSA) is 0 Å². The van der Waals surface area contributed by atoms with E-state index in [0.29, 0.717) is 0 Å². The first-order chi connectivity index (χ1) is 9.81. The van der Waals surface area contributed by atoms with Gasteiger partial charge in [-0.2, -0.15) is 0 Å². The van der Waals surface area contributed by atoms with Crippen molar-refractivity contribution in [2.75, 3.05) is 0 Å². The van der Waals surface area contributed by atoms with Crippen molar-refractivity contribution in [1.82, 2.24) is 0 Å². The zero-order valence-corrected chi connectivity index (χ0v) is 16.1. The quantitative estimate of drug-likeness (QED) is 0.219. The molecule has 0 aliphatic carbocycles. The summed E-state index contributed by atoms with van der Waals surface area (Å²) in [7, 11) is 0. The zero-order chi connectivity index (χ0) is 14.9. The third-order valence-electron chi connectivity index (χ3n) is 3.82. The second kappa shape index (κ2) is 17.3. The molecule has 1 heteroatoms. The van der Waals surface area contributed by atoms with E-state index in [4.69, 9.17) is 0 Å². The number of hydrogen-bond donors (Lipinski definition) is 0. The molecule has 0 atom stereocenters. The molecule has 0 amide bonds. The molecule has 20 heavy (non-hydrogen) atoms. The Morgan fingerprint density at radius 3 is 1.80 bits per heavy atom. The van der Waals surface area contributed by atoms with Gasteiger partial charge in [0.05, 0.1) is 0 Å². The summed E-state index contributed by atoms with van der Waals surface area (Å²) < 4.78 is 1.69. The first-order valence-corrected chi connectivity index (χ1v) is 11.2. The monoisotopic (exact) mass is 346 g/mol. The van der Waals surface area contributed by atoms with Crippen LogP contribution in [0.4, 0.5) is 0 Å². The van der Waals surface area contributed by atoms with Gasteiger partial charge in [0.25, 0.3) is 0 Å². The van der Waals surface area contributed by atoms with E-state index in [1.165, 1.54) is 88.8 Å². The van der Waals surface area contributed by atoms with Crippen LogP contribution in [0.15, 0.2) is 10.5 Å². The Morgan fingerprint density at radius 2 is 1.20 bits per heavy atom. The number of unbranched alkanes of at least 4 members (excludes halogenated alkanes) is 11. The Balaban J connectivity index is 3.25. The van der Waals surface area contributed by atoms with Gasteiger partial charge in [0.1, 0.15) is 0 Å². The molecular formula is C19H38Se. The fourth-order valence-electron chi connectivity index (χ4n) is 2.40. The summed E-state index contributed by atoms with van der Waals surface area (Å²) in [6.45, 7) is 6.94. The molecule has 0 spiro atoms. The zero-order valence-electron chi connectivity index (χ0n) is 14.4. The average molecular weight is 345 g/mol. The van der Waals surface area contributed by atoms with E-state index in [2.05, 4.69) is 26.8 Å². The Kier molecular flexibility index (Phi) is 17.5. The first-order valence-electron chi connectivity index (χ1n) is 9.10. The van der Waals surface area contributed by atoms with Crippen LogP contribution in [-0.2, 0) is 0 Å². The van der Waals surface area contributed by atoms with Crippen LogP contribution in [0.2, 0.25) is 5.32 Å². The first kappa shape index (κ1) is 20.3. The molecule has 0 aliphatic rings. The van der Waals surface area contributed by atoms with Crippen molar-refractivity contribution in [3.8, 4) is 0 Å². The van der Waals surface area contributed by atoms with Gasteiger partial charge in [0.15, 0.2) is 0 Å². The third-order valence-corrected chi connectivity index (χ3v) is 6.16. The van der Waals surface area contributed by atoms with Gasteiger partial charge in [-0.15, -0.1) is 0 Å². The molecule has 0 heterocycles. The van der Waals surface area contributed by atoms with Crippen molar-refractivity contribution in [3.05, 3.63) is 10.5 Å². The minimum absolute atomic E-state index is 0.785. The minimum atomic E-state index is 0.785. The van der Waals surface area contributed by atoms with Crippen molar-refractivity contribution in [1.29, 1.82) is 0 Å². The molecule has 0 aromatic heterocycles. The molecule has 0 nitrogen and oxygen atoms in total. The average Bonchev–Trinajstić information content (AvgIpc) is 2.45. The predicted octanol–water partition coefficient (Wildman–Crippen LogP) is 7.12. The number of hydrogen-bond acceptors (Lipinski definition) is 0. The van der Waals surface area contributed by atoms with E-state index in [0.717, 1.165) is 15.0 Å². The van der Waals surface area contributed by atoms with Crippen LogP contribution in [-0.4, -0.2) is 15.0 Å². The van der Waals surface area contributed by atoms with Gasteiger partial charge in [0.2, 0.25) is 0 Å². The fraction of sp³-hybridized carbons (Fsp3) is 0.895. The maximum atomic E-state index is 2.52. The predicted molar refractivity (Wildman–Crippen MR) is 95.7 cm³/mol. The van der Waals surface area contributed by atoms with Gasteiger partial charge in [-0.1, -0.05) is 0 Å². The Hall–Kier alpha value is 0.259. The molecule has 0 aliphatic heterocycles.